The Morgan fingerprint density at radius 1 is 1.17 bits per heavy atom. The smallest absolute Gasteiger partial charge is 0.248 e. The molecule has 2 amide bonds. The van der Waals surface area contributed by atoms with Crippen LogP contribution >= 0.6 is 15.9 Å². The van der Waals surface area contributed by atoms with Crippen LogP contribution in [-0.2, 0) is 16.1 Å². The summed E-state index contributed by atoms with van der Waals surface area (Å²) < 4.78 is 2.52. The molecule has 1 aliphatic heterocycles. The Morgan fingerprint density at radius 2 is 1.97 bits per heavy atom. The van der Waals surface area contributed by atoms with E-state index < -0.39 is 6.04 Å². The van der Waals surface area contributed by atoms with Crippen molar-refractivity contribution in [2.24, 2.45) is 5.41 Å². The van der Waals surface area contributed by atoms with Gasteiger partial charge >= 0.3 is 0 Å². The van der Waals surface area contributed by atoms with Gasteiger partial charge in [-0.25, -0.2) is 15.0 Å². The van der Waals surface area contributed by atoms with Crippen LogP contribution in [0, 0.1) is 12.3 Å². The summed E-state index contributed by atoms with van der Waals surface area (Å²) in [6, 6.07) is 10.8. The Kier molecular flexibility index (Phi) is 4.86. The van der Waals surface area contributed by atoms with Crippen molar-refractivity contribution in [3.63, 3.8) is 0 Å². The summed E-state index contributed by atoms with van der Waals surface area (Å²) in [5.74, 6) is 0.501. The molecule has 4 heterocycles. The summed E-state index contributed by atoms with van der Waals surface area (Å²) in [5, 5.41) is 4.58. The van der Waals surface area contributed by atoms with Crippen molar-refractivity contribution >= 4 is 61.3 Å². The number of hydrogen-bond acceptors (Lipinski definition) is 6. The summed E-state index contributed by atoms with van der Waals surface area (Å²) in [7, 11) is 0. The fourth-order valence-corrected chi connectivity index (χ4v) is 5.92. The number of piperidine rings is 1. The molecule has 4 aromatic rings. The second-order valence-electron chi connectivity index (χ2n) is 9.74. The summed E-state index contributed by atoms with van der Waals surface area (Å²) >= 11 is 3.33. The van der Waals surface area contributed by atoms with Crippen LogP contribution in [0.4, 0.5) is 11.6 Å². The minimum atomic E-state index is -0.554. The van der Waals surface area contributed by atoms with Crippen molar-refractivity contribution in [1.29, 1.82) is 0 Å². The van der Waals surface area contributed by atoms with Crippen molar-refractivity contribution in [2.75, 3.05) is 11.1 Å². The first kappa shape index (κ1) is 22.0. The average Bonchev–Trinajstić information content (AvgIpc) is 3.21. The minimum absolute atomic E-state index is 0.0353. The largest absolute Gasteiger partial charge is 0.383 e. The van der Waals surface area contributed by atoms with Crippen molar-refractivity contribution in [3.05, 3.63) is 52.9 Å². The minimum Gasteiger partial charge on any atom is -0.383 e. The number of aryl methyl sites for hydroxylation is 1. The van der Waals surface area contributed by atoms with Crippen molar-refractivity contribution in [2.45, 2.75) is 45.3 Å². The van der Waals surface area contributed by atoms with Gasteiger partial charge in [0.25, 0.3) is 0 Å². The lowest BCUT2D eigenvalue weighted by Crippen LogP contribution is -2.46. The first-order valence-corrected chi connectivity index (χ1v) is 12.3. The number of aromatic nitrogens is 4. The van der Waals surface area contributed by atoms with Gasteiger partial charge in [-0.15, -0.1) is 0 Å². The summed E-state index contributed by atoms with van der Waals surface area (Å²) in [6.07, 6.45) is 2.95. The lowest BCUT2D eigenvalue weighted by atomic mass is 10.0. The van der Waals surface area contributed by atoms with E-state index in [4.69, 9.17) is 5.73 Å². The third-order valence-electron chi connectivity index (χ3n) is 7.39. The third kappa shape index (κ3) is 3.46. The highest BCUT2D eigenvalue weighted by atomic mass is 79.9. The Morgan fingerprint density at radius 3 is 2.77 bits per heavy atom. The van der Waals surface area contributed by atoms with E-state index in [9.17, 15) is 9.59 Å². The van der Waals surface area contributed by atoms with Gasteiger partial charge in [-0.1, -0.05) is 25.1 Å². The fourth-order valence-electron chi connectivity index (χ4n) is 5.58. The van der Waals surface area contributed by atoms with Crippen LogP contribution in [0.25, 0.3) is 21.9 Å². The zero-order chi connectivity index (χ0) is 24.5. The van der Waals surface area contributed by atoms with Crippen molar-refractivity contribution < 1.29 is 9.59 Å². The molecule has 1 saturated carbocycles. The zero-order valence-corrected chi connectivity index (χ0v) is 20.9. The molecule has 0 unspecified atom stereocenters. The molecule has 3 N–H and O–H groups in total. The van der Waals surface area contributed by atoms with Crippen LogP contribution in [0.3, 0.4) is 0 Å². The second-order valence-corrected chi connectivity index (χ2v) is 10.6. The predicted molar refractivity (Wildman–Crippen MR) is 137 cm³/mol. The molecule has 3 atom stereocenters. The summed E-state index contributed by atoms with van der Waals surface area (Å²) in [4.78, 5) is 41.8. The normalized spacial score (nSPS) is 23.0. The van der Waals surface area contributed by atoms with Crippen molar-refractivity contribution in [1.82, 2.24) is 24.4 Å². The summed E-state index contributed by atoms with van der Waals surface area (Å²) in [6.45, 7) is 4.21. The SMILES string of the molecule is Cc1cccc2c1c1c(N)ncnc1n2CC(=O)N1[C@H](C(=O)Nc2cccc(Br)n2)C[C@@]2(C)C[C@@H]12. The van der Waals surface area contributed by atoms with E-state index in [-0.39, 0.29) is 29.8 Å². The number of pyridine rings is 1. The van der Waals surface area contributed by atoms with Gasteiger partial charge in [0.05, 0.1) is 10.9 Å². The van der Waals surface area contributed by atoms with Crippen LogP contribution < -0.4 is 11.1 Å². The van der Waals surface area contributed by atoms with Gasteiger partial charge < -0.3 is 20.5 Å². The molecule has 2 fully saturated rings. The lowest BCUT2D eigenvalue weighted by Gasteiger charge is -2.27. The average molecular weight is 534 g/mol. The number of nitrogens with zero attached hydrogens (tertiary/aromatic N) is 5. The van der Waals surface area contributed by atoms with Crippen LogP contribution in [0.1, 0.15) is 25.3 Å². The van der Waals surface area contributed by atoms with Crippen molar-refractivity contribution in [3.8, 4) is 0 Å². The maximum absolute atomic E-state index is 13.8. The molecule has 1 aromatic carbocycles. The summed E-state index contributed by atoms with van der Waals surface area (Å²) in [5.41, 5.74) is 8.72. The number of amides is 2. The first-order valence-electron chi connectivity index (χ1n) is 11.5. The zero-order valence-electron chi connectivity index (χ0n) is 19.3. The molecule has 9 nitrogen and oxygen atoms in total. The Bertz CT molecular complexity index is 1470. The number of carbonyl (C=O) groups excluding carboxylic acids is 2. The standard InChI is InChI=1S/C25H24BrN7O2/c1-13-5-3-6-14-20(13)21-22(27)28-12-29-23(21)32(14)11-19(34)33-15(9-25(2)10-16(25)33)24(35)31-18-8-4-7-17(26)30-18/h3-8,12,15-16H,9-11H2,1-2H3,(H2,27,28,29)(H,30,31,35)/t15-,16+,25-/m0/s1. The number of rotatable bonds is 4. The number of benzene rings is 1. The highest BCUT2D eigenvalue weighted by Gasteiger charge is 2.64. The molecule has 178 valence electrons. The Hall–Kier alpha value is -3.53. The molecule has 6 rings (SSSR count). The van der Waals surface area contributed by atoms with Gasteiger partial charge in [0.2, 0.25) is 11.8 Å². The quantitative estimate of drug-likeness (QED) is 0.386. The predicted octanol–water partition coefficient (Wildman–Crippen LogP) is 3.65. The molecule has 0 bridgehead atoms. The molecule has 2 aliphatic rings. The lowest BCUT2D eigenvalue weighted by molar-refractivity contribution is -0.138. The highest BCUT2D eigenvalue weighted by Crippen LogP contribution is 2.59. The monoisotopic (exact) mass is 533 g/mol. The second kappa shape index (κ2) is 7.74. The fraction of sp³-hybridized carbons (Fsp3) is 0.320. The van der Waals surface area contributed by atoms with Crippen LogP contribution in [0.15, 0.2) is 47.3 Å². The molecule has 0 spiro atoms. The molecular weight excluding hydrogens is 510 g/mol. The van der Waals surface area contributed by atoms with E-state index in [1.165, 1.54) is 6.33 Å². The van der Waals surface area contributed by atoms with Gasteiger partial charge in [-0.2, -0.15) is 0 Å². The van der Waals surface area contributed by atoms with Gasteiger partial charge in [-0.05, 0) is 64.9 Å². The van der Waals surface area contributed by atoms with Gasteiger partial charge in [0, 0.05) is 11.4 Å². The van der Waals surface area contributed by atoms with E-state index >= 15 is 0 Å². The number of anilines is 2. The molecule has 0 radical (unpaired) electrons. The molecule has 3 aromatic heterocycles. The van der Waals surface area contributed by atoms with Gasteiger partial charge in [0.15, 0.2) is 0 Å². The van der Waals surface area contributed by atoms with E-state index in [2.05, 4.69) is 43.1 Å². The number of hydrogen-bond donors (Lipinski definition) is 2. The number of nitrogens with two attached hydrogens (primary N) is 1. The number of nitrogen functional groups attached to an aromatic ring is 1. The number of carbonyl (C=O) groups is 2. The topological polar surface area (TPSA) is 119 Å². The van der Waals surface area contributed by atoms with Crippen LogP contribution in [0.5, 0.6) is 0 Å². The maximum Gasteiger partial charge on any atom is 0.248 e. The number of likely N-dealkylation sites (tertiary alicyclic amines) is 1. The molecule has 1 aliphatic carbocycles. The van der Waals surface area contributed by atoms with Gasteiger partial charge in [0.1, 0.15) is 40.8 Å². The number of halogens is 1. The van der Waals surface area contributed by atoms with E-state index in [0.29, 0.717) is 28.3 Å². The molecule has 1 saturated heterocycles. The van der Waals surface area contributed by atoms with E-state index in [0.717, 1.165) is 28.3 Å². The number of nitrogens with one attached hydrogen (secondary N) is 1. The van der Waals surface area contributed by atoms with E-state index in [1.54, 1.807) is 23.1 Å². The number of fused-ring (bicyclic) bond motifs is 4. The molecule has 10 heteroatoms. The third-order valence-corrected chi connectivity index (χ3v) is 7.83. The molecule has 35 heavy (non-hydrogen) atoms. The van der Waals surface area contributed by atoms with Crippen LogP contribution in [0.2, 0.25) is 0 Å². The Balaban J connectivity index is 1.35. The molecular formula is C25H24BrN7O2. The van der Waals surface area contributed by atoms with Gasteiger partial charge in [-0.3, -0.25) is 9.59 Å². The first-order chi connectivity index (χ1) is 16.8. The van der Waals surface area contributed by atoms with Crippen LogP contribution in [-0.4, -0.2) is 48.3 Å². The highest BCUT2D eigenvalue weighted by molar-refractivity contribution is 9.10. The Labute approximate surface area is 209 Å². The van der Waals surface area contributed by atoms with E-state index in [1.807, 2.05) is 29.7 Å². The maximum atomic E-state index is 13.8.